The molecule has 1 aliphatic carbocycles. The van der Waals surface area contributed by atoms with Crippen molar-refractivity contribution in [3.63, 3.8) is 0 Å². The van der Waals surface area contributed by atoms with Crippen LogP contribution < -0.4 is 11.1 Å². The summed E-state index contributed by atoms with van der Waals surface area (Å²) in [7, 11) is 0. The molecule has 1 aromatic rings. The van der Waals surface area contributed by atoms with Crippen molar-refractivity contribution in [3.05, 3.63) is 29.8 Å². The summed E-state index contributed by atoms with van der Waals surface area (Å²) in [6, 6.07) is 8.69. The summed E-state index contributed by atoms with van der Waals surface area (Å²) >= 11 is 4.91. The zero-order valence-corrected chi connectivity index (χ0v) is 9.52. The molecule has 3 N–H and O–H groups in total. The molecule has 0 radical (unpaired) electrons. The van der Waals surface area contributed by atoms with Gasteiger partial charge >= 0.3 is 0 Å². The monoisotopic (exact) mass is 220 g/mol. The van der Waals surface area contributed by atoms with Crippen molar-refractivity contribution in [2.45, 2.75) is 31.7 Å². The van der Waals surface area contributed by atoms with Gasteiger partial charge in [0, 0.05) is 17.3 Å². The van der Waals surface area contributed by atoms with Crippen molar-refractivity contribution in [3.8, 4) is 0 Å². The zero-order chi connectivity index (χ0) is 10.7. The van der Waals surface area contributed by atoms with Gasteiger partial charge in [-0.25, -0.2) is 0 Å². The van der Waals surface area contributed by atoms with Crippen LogP contribution in [0.1, 0.15) is 31.2 Å². The van der Waals surface area contributed by atoms with E-state index in [0.29, 0.717) is 11.0 Å². The van der Waals surface area contributed by atoms with Crippen molar-refractivity contribution < 1.29 is 0 Å². The van der Waals surface area contributed by atoms with Crippen LogP contribution in [0.25, 0.3) is 0 Å². The summed E-state index contributed by atoms with van der Waals surface area (Å²) in [6.45, 7) is 0. The van der Waals surface area contributed by atoms with Crippen LogP contribution in [0.5, 0.6) is 0 Å². The highest BCUT2D eigenvalue weighted by Gasteiger charge is 2.13. The molecule has 15 heavy (non-hydrogen) atoms. The van der Waals surface area contributed by atoms with Gasteiger partial charge in [-0.3, -0.25) is 0 Å². The molecular formula is C12H16N2S. The van der Waals surface area contributed by atoms with Gasteiger partial charge < -0.3 is 11.1 Å². The molecule has 1 aliphatic rings. The van der Waals surface area contributed by atoms with Crippen molar-refractivity contribution in [2.24, 2.45) is 5.73 Å². The summed E-state index contributed by atoms with van der Waals surface area (Å²) in [4.78, 5) is 0.461. The van der Waals surface area contributed by atoms with Crippen molar-refractivity contribution in [1.29, 1.82) is 0 Å². The van der Waals surface area contributed by atoms with E-state index in [1.165, 1.54) is 31.4 Å². The number of rotatable bonds is 3. The first-order valence-electron chi connectivity index (χ1n) is 5.42. The molecule has 1 saturated carbocycles. The Kier molecular flexibility index (Phi) is 3.21. The summed E-state index contributed by atoms with van der Waals surface area (Å²) in [6.07, 6.45) is 5.28. The molecule has 0 aromatic heterocycles. The lowest BCUT2D eigenvalue weighted by Crippen LogP contribution is -2.14. The highest BCUT2D eigenvalue weighted by Crippen LogP contribution is 2.22. The molecule has 2 nitrogen and oxygen atoms in total. The first-order chi connectivity index (χ1) is 7.25. The summed E-state index contributed by atoms with van der Waals surface area (Å²) in [5, 5.41) is 3.52. The van der Waals surface area contributed by atoms with Gasteiger partial charge in [0.2, 0.25) is 0 Å². The van der Waals surface area contributed by atoms with Crippen LogP contribution in [0.2, 0.25) is 0 Å². The van der Waals surface area contributed by atoms with E-state index in [0.717, 1.165) is 5.56 Å². The number of nitrogens with one attached hydrogen (secondary N) is 1. The number of thiocarbonyl (C=S) groups is 1. The van der Waals surface area contributed by atoms with E-state index < -0.39 is 0 Å². The Morgan fingerprint density at radius 2 is 1.80 bits per heavy atom. The van der Waals surface area contributed by atoms with E-state index in [-0.39, 0.29) is 0 Å². The quantitative estimate of drug-likeness (QED) is 0.769. The molecule has 0 heterocycles. The Morgan fingerprint density at radius 1 is 1.20 bits per heavy atom. The normalized spacial score (nSPS) is 16.5. The van der Waals surface area contributed by atoms with Gasteiger partial charge in [-0.2, -0.15) is 0 Å². The number of hydrogen-bond donors (Lipinski definition) is 2. The van der Waals surface area contributed by atoms with Gasteiger partial charge in [0.05, 0.1) is 0 Å². The summed E-state index contributed by atoms with van der Waals surface area (Å²) in [5.74, 6) is 0. The molecular weight excluding hydrogens is 204 g/mol. The van der Waals surface area contributed by atoms with E-state index >= 15 is 0 Å². The molecule has 0 aliphatic heterocycles. The van der Waals surface area contributed by atoms with Crippen LogP contribution in [0.3, 0.4) is 0 Å². The van der Waals surface area contributed by atoms with Crippen molar-refractivity contribution >= 4 is 22.9 Å². The predicted molar refractivity (Wildman–Crippen MR) is 68.2 cm³/mol. The second-order valence-corrected chi connectivity index (χ2v) is 4.51. The standard InChI is InChI=1S/C12H16N2S/c13-12(15)9-5-7-11(8-6-9)14-10-3-1-2-4-10/h5-8,10,14H,1-4H2,(H2,13,15). The summed E-state index contributed by atoms with van der Waals surface area (Å²) < 4.78 is 0. The Balaban J connectivity index is 2.00. The Labute approximate surface area is 95.9 Å². The van der Waals surface area contributed by atoms with Crippen LogP contribution >= 0.6 is 12.2 Å². The lowest BCUT2D eigenvalue weighted by Gasteiger charge is -2.13. The molecule has 2 rings (SSSR count). The number of nitrogens with two attached hydrogens (primary N) is 1. The third kappa shape index (κ3) is 2.69. The fraction of sp³-hybridized carbons (Fsp3) is 0.417. The van der Waals surface area contributed by atoms with E-state index in [4.69, 9.17) is 18.0 Å². The molecule has 0 saturated heterocycles. The third-order valence-electron chi connectivity index (χ3n) is 2.90. The molecule has 0 atom stereocenters. The first kappa shape index (κ1) is 10.4. The van der Waals surface area contributed by atoms with Gasteiger partial charge in [0.15, 0.2) is 0 Å². The van der Waals surface area contributed by atoms with Gasteiger partial charge in [0.25, 0.3) is 0 Å². The third-order valence-corrected chi connectivity index (χ3v) is 3.13. The van der Waals surface area contributed by atoms with Gasteiger partial charge in [-0.1, -0.05) is 25.1 Å². The fourth-order valence-electron chi connectivity index (χ4n) is 2.04. The average Bonchev–Trinajstić information content (AvgIpc) is 2.71. The Hall–Kier alpha value is -1.09. The van der Waals surface area contributed by atoms with E-state index in [9.17, 15) is 0 Å². The molecule has 80 valence electrons. The molecule has 0 bridgehead atoms. The SMILES string of the molecule is NC(=S)c1ccc(NC2CCCC2)cc1. The molecule has 1 aromatic carbocycles. The minimum absolute atomic E-state index is 0.461. The Bertz CT molecular complexity index is 339. The maximum Gasteiger partial charge on any atom is 0.103 e. The second-order valence-electron chi connectivity index (χ2n) is 4.07. The molecule has 0 unspecified atom stereocenters. The van der Waals surface area contributed by atoms with Crippen molar-refractivity contribution in [2.75, 3.05) is 5.32 Å². The molecule has 3 heteroatoms. The first-order valence-corrected chi connectivity index (χ1v) is 5.83. The maximum absolute atomic E-state index is 5.54. The largest absolute Gasteiger partial charge is 0.389 e. The van der Waals surface area contributed by atoms with Crippen LogP contribution in [0, 0.1) is 0 Å². The van der Waals surface area contributed by atoms with Crippen LogP contribution in [0.15, 0.2) is 24.3 Å². The lowest BCUT2D eigenvalue weighted by atomic mass is 10.2. The zero-order valence-electron chi connectivity index (χ0n) is 8.70. The van der Waals surface area contributed by atoms with E-state index in [1.807, 2.05) is 24.3 Å². The number of anilines is 1. The predicted octanol–water partition coefficient (Wildman–Crippen LogP) is 2.68. The molecule has 0 amide bonds. The van der Waals surface area contributed by atoms with Crippen LogP contribution in [0.4, 0.5) is 5.69 Å². The number of benzene rings is 1. The fourth-order valence-corrected chi connectivity index (χ4v) is 2.17. The van der Waals surface area contributed by atoms with Gasteiger partial charge in [-0.05, 0) is 37.1 Å². The highest BCUT2D eigenvalue weighted by molar-refractivity contribution is 7.80. The van der Waals surface area contributed by atoms with Crippen LogP contribution in [-0.4, -0.2) is 11.0 Å². The average molecular weight is 220 g/mol. The number of hydrogen-bond acceptors (Lipinski definition) is 2. The van der Waals surface area contributed by atoms with Gasteiger partial charge in [0.1, 0.15) is 4.99 Å². The molecule has 1 fully saturated rings. The highest BCUT2D eigenvalue weighted by atomic mass is 32.1. The van der Waals surface area contributed by atoms with Gasteiger partial charge in [-0.15, -0.1) is 0 Å². The van der Waals surface area contributed by atoms with Crippen molar-refractivity contribution in [1.82, 2.24) is 0 Å². The minimum atomic E-state index is 0.461. The van der Waals surface area contributed by atoms with E-state index in [2.05, 4.69) is 5.32 Å². The minimum Gasteiger partial charge on any atom is -0.389 e. The maximum atomic E-state index is 5.54. The molecule has 0 spiro atoms. The smallest absolute Gasteiger partial charge is 0.103 e. The lowest BCUT2D eigenvalue weighted by molar-refractivity contribution is 0.755. The second kappa shape index (κ2) is 4.62. The van der Waals surface area contributed by atoms with Crippen LogP contribution in [-0.2, 0) is 0 Å². The topological polar surface area (TPSA) is 38.0 Å². The van der Waals surface area contributed by atoms with E-state index in [1.54, 1.807) is 0 Å². The Morgan fingerprint density at radius 3 is 2.33 bits per heavy atom. The summed E-state index contributed by atoms with van der Waals surface area (Å²) in [5.41, 5.74) is 7.64.